The minimum Gasteiger partial charge on any atom is -0.375 e. The summed E-state index contributed by atoms with van der Waals surface area (Å²) in [5.74, 6) is 1.48. The second-order valence-corrected chi connectivity index (χ2v) is 5.45. The third-order valence-electron chi connectivity index (χ3n) is 2.86. The highest BCUT2D eigenvalue weighted by Crippen LogP contribution is 2.26. The Hall–Kier alpha value is -0.870. The lowest BCUT2D eigenvalue weighted by molar-refractivity contribution is -0.0553. The third kappa shape index (κ3) is 3.54. The lowest BCUT2D eigenvalue weighted by Crippen LogP contribution is -2.40. The Morgan fingerprint density at radius 2 is 2.24 bits per heavy atom. The molecule has 1 N–H and O–H groups in total. The molecular formula is C12H18ClN3O. The topological polar surface area (TPSA) is 47.0 Å². The summed E-state index contributed by atoms with van der Waals surface area (Å²) in [6, 6.07) is 2.14. The van der Waals surface area contributed by atoms with Crippen LogP contribution in [0.1, 0.15) is 32.5 Å². The van der Waals surface area contributed by atoms with E-state index in [4.69, 9.17) is 16.3 Å². The Labute approximate surface area is 107 Å². The second-order valence-electron chi connectivity index (χ2n) is 5.07. The van der Waals surface area contributed by atoms with E-state index in [1.807, 2.05) is 6.92 Å². The van der Waals surface area contributed by atoms with E-state index >= 15 is 0 Å². The van der Waals surface area contributed by atoms with Crippen molar-refractivity contribution in [3.63, 3.8) is 0 Å². The zero-order chi connectivity index (χ0) is 12.5. The average molecular weight is 256 g/mol. The van der Waals surface area contributed by atoms with Gasteiger partial charge in [0.05, 0.1) is 5.60 Å². The molecule has 94 valence electrons. The van der Waals surface area contributed by atoms with Crippen LogP contribution in [-0.4, -0.2) is 28.2 Å². The quantitative estimate of drug-likeness (QED) is 0.826. The molecule has 0 aromatic carbocycles. The van der Waals surface area contributed by atoms with Crippen molar-refractivity contribution in [1.82, 2.24) is 9.97 Å². The van der Waals surface area contributed by atoms with Crippen LogP contribution in [0.15, 0.2) is 6.07 Å². The first-order chi connectivity index (χ1) is 7.94. The number of ether oxygens (including phenoxy) is 1. The Morgan fingerprint density at radius 1 is 1.47 bits per heavy atom. The highest BCUT2D eigenvalue weighted by atomic mass is 35.5. The van der Waals surface area contributed by atoms with Crippen LogP contribution in [-0.2, 0) is 4.74 Å². The Balaban J connectivity index is 2.05. The molecule has 1 fully saturated rings. The van der Waals surface area contributed by atoms with E-state index in [9.17, 15) is 0 Å². The van der Waals surface area contributed by atoms with Gasteiger partial charge < -0.3 is 10.1 Å². The van der Waals surface area contributed by atoms with Gasteiger partial charge >= 0.3 is 0 Å². The third-order valence-corrected chi connectivity index (χ3v) is 3.05. The van der Waals surface area contributed by atoms with Crippen molar-refractivity contribution in [3.8, 4) is 0 Å². The smallest absolute Gasteiger partial charge is 0.134 e. The molecule has 0 saturated carbocycles. The van der Waals surface area contributed by atoms with Crippen molar-refractivity contribution in [3.05, 3.63) is 17.0 Å². The highest BCUT2D eigenvalue weighted by Gasteiger charge is 2.28. The van der Waals surface area contributed by atoms with Gasteiger partial charge in [-0.2, -0.15) is 0 Å². The van der Waals surface area contributed by atoms with Crippen molar-refractivity contribution < 1.29 is 4.74 Å². The predicted octanol–water partition coefficient (Wildman–Crippen LogP) is 2.81. The summed E-state index contributed by atoms with van der Waals surface area (Å²) in [4.78, 5) is 8.37. The number of hydrogen-bond donors (Lipinski definition) is 1. The van der Waals surface area contributed by atoms with E-state index in [1.165, 1.54) is 0 Å². The first-order valence-electron chi connectivity index (χ1n) is 5.86. The van der Waals surface area contributed by atoms with E-state index in [-0.39, 0.29) is 5.60 Å². The number of nitrogens with one attached hydrogen (secondary N) is 1. The molecule has 0 bridgehead atoms. The number of rotatable bonds is 2. The maximum atomic E-state index is 5.91. The molecular weight excluding hydrogens is 238 g/mol. The van der Waals surface area contributed by atoms with Crippen LogP contribution in [0, 0.1) is 6.92 Å². The Bertz CT molecular complexity index is 388. The summed E-state index contributed by atoms with van der Waals surface area (Å²) in [6.45, 7) is 6.84. The fourth-order valence-corrected chi connectivity index (χ4v) is 2.40. The molecule has 1 saturated heterocycles. The second kappa shape index (κ2) is 4.78. The molecule has 5 heteroatoms. The normalized spacial score (nSPS) is 23.4. The number of aryl methyl sites for hydroxylation is 1. The first kappa shape index (κ1) is 12.6. The van der Waals surface area contributed by atoms with Crippen molar-refractivity contribution in [1.29, 1.82) is 0 Å². The molecule has 0 radical (unpaired) electrons. The van der Waals surface area contributed by atoms with Gasteiger partial charge in [-0.05, 0) is 33.6 Å². The molecule has 2 heterocycles. The van der Waals surface area contributed by atoms with Crippen LogP contribution in [0.2, 0.25) is 5.15 Å². The van der Waals surface area contributed by atoms with Crippen LogP contribution < -0.4 is 5.32 Å². The van der Waals surface area contributed by atoms with Crippen molar-refractivity contribution in [2.75, 3.05) is 11.9 Å². The van der Waals surface area contributed by atoms with Gasteiger partial charge in [-0.3, -0.25) is 0 Å². The number of anilines is 1. The minimum absolute atomic E-state index is 0.0677. The van der Waals surface area contributed by atoms with E-state index in [1.54, 1.807) is 6.07 Å². The number of hydrogen-bond acceptors (Lipinski definition) is 4. The van der Waals surface area contributed by atoms with Crippen LogP contribution in [0.3, 0.4) is 0 Å². The summed E-state index contributed by atoms with van der Waals surface area (Å²) in [6.07, 6.45) is 1.96. The van der Waals surface area contributed by atoms with Crippen LogP contribution in [0.25, 0.3) is 0 Å². The molecule has 2 rings (SSSR count). The SMILES string of the molecule is Cc1nc(Cl)cc(NC2CCOC(C)(C)C2)n1. The zero-order valence-electron chi connectivity index (χ0n) is 10.5. The lowest BCUT2D eigenvalue weighted by atomic mass is 9.94. The molecule has 4 nitrogen and oxygen atoms in total. The van der Waals surface area contributed by atoms with E-state index in [0.29, 0.717) is 17.0 Å². The molecule has 1 aromatic heterocycles. The molecule has 1 aromatic rings. The highest BCUT2D eigenvalue weighted by molar-refractivity contribution is 6.29. The maximum Gasteiger partial charge on any atom is 0.134 e. The summed E-state index contributed by atoms with van der Waals surface area (Å²) < 4.78 is 5.68. The van der Waals surface area contributed by atoms with Gasteiger partial charge in [-0.1, -0.05) is 11.6 Å². The summed E-state index contributed by atoms with van der Waals surface area (Å²) in [7, 11) is 0. The van der Waals surface area contributed by atoms with Crippen LogP contribution in [0.4, 0.5) is 5.82 Å². The maximum absolute atomic E-state index is 5.91. The fourth-order valence-electron chi connectivity index (χ4n) is 2.17. The van der Waals surface area contributed by atoms with E-state index in [0.717, 1.165) is 25.3 Å². The van der Waals surface area contributed by atoms with E-state index in [2.05, 4.69) is 29.1 Å². The van der Waals surface area contributed by atoms with Gasteiger partial charge in [0.15, 0.2) is 0 Å². The van der Waals surface area contributed by atoms with E-state index < -0.39 is 0 Å². The summed E-state index contributed by atoms with van der Waals surface area (Å²) >= 11 is 5.91. The molecule has 1 aliphatic rings. The first-order valence-corrected chi connectivity index (χ1v) is 6.24. The molecule has 1 aliphatic heterocycles. The molecule has 0 amide bonds. The van der Waals surface area contributed by atoms with Crippen molar-refractivity contribution >= 4 is 17.4 Å². The molecule has 1 unspecified atom stereocenters. The monoisotopic (exact) mass is 255 g/mol. The van der Waals surface area contributed by atoms with Crippen molar-refractivity contribution in [2.45, 2.75) is 45.3 Å². The zero-order valence-corrected chi connectivity index (χ0v) is 11.2. The number of halogens is 1. The van der Waals surface area contributed by atoms with Gasteiger partial charge in [0.1, 0.15) is 16.8 Å². The summed E-state index contributed by atoms with van der Waals surface area (Å²) in [5.41, 5.74) is -0.0677. The van der Waals surface area contributed by atoms with Gasteiger partial charge in [-0.15, -0.1) is 0 Å². The van der Waals surface area contributed by atoms with Crippen LogP contribution >= 0.6 is 11.6 Å². The Kier molecular flexibility index (Phi) is 3.54. The Morgan fingerprint density at radius 3 is 2.88 bits per heavy atom. The average Bonchev–Trinajstić information content (AvgIpc) is 2.13. The molecule has 0 spiro atoms. The number of aromatic nitrogens is 2. The van der Waals surface area contributed by atoms with Gasteiger partial charge in [0.2, 0.25) is 0 Å². The largest absolute Gasteiger partial charge is 0.375 e. The molecule has 1 atom stereocenters. The van der Waals surface area contributed by atoms with Gasteiger partial charge in [0.25, 0.3) is 0 Å². The molecule has 0 aliphatic carbocycles. The number of nitrogens with zero attached hydrogens (tertiary/aromatic N) is 2. The standard InChI is InChI=1S/C12H18ClN3O/c1-8-14-10(13)6-11(15-8)16-9-4-5-17-12(2,3)7-9/h6,9H,4-5,7H2,1-3H3,(H,14,15,16). The van der Waals surface area contributed by atoms with Crippen molar-refractivity contribution in [2.24, 2.45) is 0 Å². The lowest BCUT2D eigenvalue weighted by Gasteiger charge is -2.36. The van der Waals surface area contributed by atoms with Crippen LogP contribution in [0.5, 0.6) is 0 Å². The summed E-state index contributed by atoms with van der Waals surface area (Å²) in [5, 5.41) is 3.88. The molecule has 17 heavy (non-hydrogen) atoms. The predicted molar refractivity (Wildman–Crippen MR) is 68.5 cm³/mol. The fraction of sp³-hybridized carbons (Fsp3) is 0.667. The minimum atomic E-state index is -0.0677. The van der Waals surface area contributed by atoms with Gasteiger partial charge in [-0.25, -0.2) is 9.97 Å². The van der Waals surface area contributed by atoms with Gasteiger partial charge in [0, 0.05) is 18.7 Å².